The molecule has 0 bridgehead atoms. The van der Waals surface area contributed by atoms with Crippen molar-refractivity contribution < 1.29 is 14.1 Å². The fourth-order valence-electron chi connectivity index (χ4n) is 3.85. The van der Waals surface area contributed by atoms with E-state index >= 15 is 0 Å². The largest absolute Gasteiger partial charge is 0.371 e. The Labute approximate surface area is 179 Å². The second-order valence-electron chi connectivity index (χ2n) is 7.37. The van der Waals surface area contributed by atoms with E-state index in [1.807, 2.05) is 18.7 Å². The van der Waals surface area contributed by atoms with Crippen LogP contribution in [0.5, 0.6) is 0 Å². The lowest BCUT2D eigenvalue weighted by molar-refractivity contribution is -0.138. The van der Waals surface area contributed by atoms with Crippen molar-refractivity contribution in [1.29, 1.82) is 0 Å². The Bertz CT molecular complexity index is 596. The van der Waals surface area contributed by atoms with Crippen LogP contribution in [-0.2, 0) is 16.1 Å². The summed E-state index contributed by atoms with van der Waals surface area (Å²) in [4.78, 5) is 21.4. The van der Waals surface area contributed by atoms with Gasteiger partial charge in [-0.05, 0) is 33.1 Å². The molecule has 8 nitrogen and oxygen atoms in total. The van der Waals surface area contributed by atoms with Gasteiger partial charge in [0.05, 0.1) is 6.54 Å². The van der Waals surface area contributed by atoms with Gasteiger partial charge in [0.2, 0.25) is 11.8 Å². The van der Waals surface area contributed by atoms with E-state index in [0.717, 1.165) is 51.9 Å². The van der Waals surface area contributed by atoms with Crippen molar-refractivity contribution in [2.75, 3.05) is 32.8 Å². The zero-order chi connectivity index (χ0) is 18.5. The molecule has 0 spiro atoms. The first-order valence-electron chi connectivity index (χ1n) is 9.77. The molecule has 162 valence electrons. The molecule has 3 unspecified atom stereocenters. The van der Waals surface area contributed by atoms with Crippen LogP contribution in [0.2, 0.25) is 0 Å². The van der Waals surface area contributed by atoms with Crippen LogP contribution in [0.25, 0.3) is 0 Å². The van der Waals surface area contributed by atoms with Crippen LogP contribution in [-0.4, -0.2) is 64.7 Å². The molecule has 1 saturated heterocycles. The van der Waals surface area contributed by atoms with Crippen LogP contribution < -0.4 is 5.73 Å². The second-order valence-corrected chi connectivity index (χ2v) is 7.37. The Morgan fingerprint density at radius 1 is 1.29 bits per heavy atom. The monoisotopic (exact) mass is 437 g/mol. The van der Waals surface area contributed by atoms with E-state index in [4.69, 9.17) is 15.0 Å². The minimum atomic E-state index is -0.158. The van der Waals surface area contributed by atoms with Crippen molar-refractivity contribution in [2.24, 2.45) is 11.7 Å². The molecular weight excluding hydrogens is 405 g/mol. The van der Waals surface area contributed by atoms with Gasteiger partial charge in [0, 0.05) is 44.7 Å². The van der Waals surface area contributed by atoms with E-state index in [0.29, 0.717) is 24.9 Å². The number of nitrogens with zero attached hydrogens (tertiary/aromatic N) is 4. The van der Waals surface area contributed by atoms with Gasteiger partial charge in [-0.2, -0.15) is 4.98 Å². The maximum Gasteiger partial charge on any atom is 0.240 e. The van der Waals surface area contributed by atoms with Gasteiger partial charge in [0.25, 0.3) is 0 Å². The van der Waals surface area contributed by atoms with Crippen LogP contribution >= 0.6 is 24.8 Å². The Morgan fingerprint density at radius 3 is 2.64 bits per heavy atom. The first kappa shape index (κ1) is 25.1. The number of ether oxygens (including phenoxy) is 1. The normalized spacial score (nSPS) is 24.2. The van der Waals surface area contributed by atoms with Crippen LogP contribution in [0, 0.1) is 5.92 Å². The van der Waals surface area contributed by atoms with Gasteiger partial charge in [-0.25, -0.2) is 0 Å². The first-order chi connectivity index (χ1) is 12.6. The van der Waals surface area contributed by atoms with Crippen molar-refractivity contribution >= 4 is 30.7 Å². The van der Waals surface area contributed by atoms with Gasteiger partial charge in [0.15, 0.2) is 5.82 Å². The fourth-order valence-corrected chi connectivity index (χ4v) is 3.85. The van der Waals surface area contributed by atoms with Crippen LogP contribution in [0.15, 0.2) is 4.52 Å². The molecule has 2 aliphatic rings. The van der Waals surface area contributed by atoms with Gasteiger partial charge in [-0.1, -0.05) is 11.6 Å². The Morgan fingerprint density at radius 2 is 2.00 bits per heavy atom. The number of aromatic nitrogens is 2. The van der Waals surface area contributed by atoms with Gasteiger partial charge >= 0.3 is 0 Å². The molecule has 2 fully saturated rings. The summed E-state index contributed by atoms with van der Waals surface area (Å²) in [6.07, 6.45) is 3.77. The SMILES string of the molecule is CCOC(C)c1noc(CN2CCN(C(=O)C3CCCC(N)C3)CC2)n1.Cl.Cl. The van der Waals surface area contributed by atoms with Gasteiger partial charge in [-0.3, -0.25) is 9.69 Å². The average molecular weight is 438 g/mol. The van der Waals surface area contributed by atoms with Crippen LogP contribution in [0.1, 0.15) is 57.3 Å². The molecule has 3 rings (SSSR count). The second kappa shape index (κ2) is 11.9. The average Bonchev–Trinajstić information content (AvgIpc) is 3.11. The third-order valence-electron chi connectivity index (χ3n) is 5.37. The van der Waals surface area contributed by atoms with Crippen molar-refractivity contribution in [2.45, 2.75) is 58.2 Å². The molecule has 1 aromatic heterocycles. The quantitative estimate of drug-likeness (QED) is 0.727. The predicted molar refractivity (Wildman–Crippen MR) is 111 cm³/mol. The molecule has 3 atom stereocenters. The summed E-state index contributed by atoms with van der Waals surface area (Å²) in [5.41, 5.74) is 6.03. The Hall–Kier alpha value is -0.930. The molecule has 2 heterocycles. The van der Waals surface area contributed by atoms with E-state index in [-0.39, 0.29) is 48.8 Å². The molecule has 1 aliphatic heterocycles. The van der Waals surface area contributed by atoms with E-state index in [9.17, 15) is 4.79 Å². The van der Waals surface area contributed by atoms with Gasteiger partial charge in [0.1, 0.15) is 6.10 Å². The van der Waals surface area contributed by atoms with Crippen molar-refractivity contribution in [3.05, 3.63) is 11.7 Å². The standard InChI is InChI=1S/C18H31N5O3.2ClH/c1-3-25-13(2)17-20-16(26-21-17)12-22-7-9-23(10-8-22)18(24)14-5-4-6-15(19)11-14;;/h13-15H,3-12,19H2,1-2H3;2*1H. The number of nitrogens with two attached hydrogens (primary N) is 1. The number of amides is 1. The van der Waals surface area contributed by atoms with E-state index < -0.39 is 0 Å². The molecule has 1 aromatic rings. The first-order valence-corrected chi connectivity index (χ1v) is 9.77. The third-order valence-corrected chi connectivity index (χ3v) is 5.37. The summed E-state index contributed by atoms with van der Waals surface area (Å²) < 4.78 is 10.8. The number of carbonyl (C=O) groups is 1. The van der Waals surface area contributed by atoms with E-state index in [1.165, 1.54) is 0 Å². The van der Waals surface area contributed by atoms with Crippen molar-refractivity contribution in [3.8, 4) is 0 Å². The summed E-state index contributed by atoms with van der Waals surface area (Å²) in [5, 5.41) is 4.00. The molecule has 1 amide bonds. The Kier molecular flexibility index (Phi) is 10.7. The highest BCUT2D eigenvalue weighted by Gasteiger charge is 2.31. The number of halogens is 2. The van der Waals surface area contributed by atoms with Crippen molar-refractivity contribution in [3.63, 3.8) is 0 Å². The molecule has 0 radical (unpaired) electrons. The maximum absolute atomic E-state index is 12.7. The smallest absolute Gasteiger partial charge is 0.240 e. The van der Waals surface area contributed by atoms with E-state index in [1.54, 1.807) is 0 Å². The third kappa shape index (κ3) is 6.56. The molecule has 1 saturated carbocycles. The zero-order valence-corrected chi connectivity index (χ0v) is 18.3. The number of hydrogen-bond donors (Lipinski definition) is 1. The summed E-state index contributed by atoms with van der Waals surface area (Å²) >= 11 is 0. The van der Waals surface area contributed by atoms with Gasteiger partial charge in [-0.15, -0.1) is 24.8 Å². The zero-order valence-electron chi connectivity index (χ0n) is 16.7. The minimum Gasteiger partial charge on any atom is -0.371 e. The highest BCUT2D eigenvalue weighted by atomic mass is 35.5. The number of hydrogen-bond acceptors (Lipinski definition) is 7. The summed E-state index contributed by atoms with van der Waals surface area (Å²) in [6, 6.07) is 0.185. The minimum absolute atomic E-state index is 0. The molecular formula is C18H33Cl2N5O3. The lowest BCUT2D eigenvalue weighted by Gasteiger charge is -2.37. The number of rotatable bonds is 6. The molecule has 1 aliphatic carbocycles. The summed E-state index contributed by atoms with van der Waals surface area (Å²) in [7, 11) is 0. The van der Waals surface area contributed by atoms with E-state index in [2.05, 4.69) is 15.0 Å². The molecule has 2 N–H and O–H groups in total. The molecule has 0 aromatic carbocycles. The predicted octanol–water partition coefficient (Wildman–Crippen LogP) is 2.17. The summed E-state index contributed by atoms with van der Waals surface area (Å²) in [5.74, 6) is 1.59. The number of carbonyl (C=O) groups excluding carboxylic acids is 1. The molecule has 10 heteroatoms. The van der Waals surface area contributed by atoms with Crippen LogP contribution in [0.4, 0.5) is 0 Å². The van der Waals surface area contributed by atoms with Crippen LogP contribution in [0.3, 0.4) is 0 Å². The lowest BCUT2D eigenvalue weighted by atomic mass is 9.85. The van der Waals surface area contributed by atoms with Gasteiger partial charge < -0.3 is 19.9 Å². The topological polar surface area (TPSA) is 97.7 Å². The molecule has 28 heavy (non-hydrogen) atoms. The maximum atomic E-state index is 12.7. The summed E-state index contributed by atoms with van der Waals surface area (Å²) in [6.45, 7) is 8.24. The van der Waals surface area contributed by atoms with Crippen molar-refractivity contribution in [1.82, 2.24) is 19.9 Å². The fraction of sp³-hybridized carbons (Fsp3) is 0.833. The highest BCUT2D eigenvalue weighted by molar-refractivity contribution is 5.85. The highest BCUT2D eigenvalue weighted by Crippen LogP contribution is 2.25. The lowest BCUT2D eigenvalue weighted by Crippen LogP contribution is -2.51. The number of piperazine rings is 1. The Balaban J connectivity index is 0.00000196.